The van der Waals surface area contributed by atoms with E-state index in [1.807, 2.05) is 29.2 Å². The Morgan fingerprint density at radius 3 is 2.64 bits per heavy atom. The van der Waals surface area contributed by atoms with Crippen LogP contribution in [0.25, 0.3) is 0 Å². The maximum atomic E-state index is 12.8. The molecule has 5 nitrogen and oxygen atoms in total. The Balaban J connectivity index is 1.60. The zero-order chi connectivity index (χ0) is 17.5. The molecule has 0 aliphatic carbocycles. The molecule has 1 atom stereocenters. The summed E-state index contributed by atoms with van der Waals surface area (Å²) in [5, 5.41) is 3.09. The highest BCUT2D eigenvalue weighted by molar-refractivity contribution is 5.90. The van der Waals surface area contributed by atoms with Gasteiger partial charge in [-0.3, -0.25) is 4.90 Å². The molecule has 1 N–H and O–H groups in total. The summed E-state index contributed by atoms with van der Waals surface area (Å²) in [6, 6.07) is 8.40. The van der Waals surface area contributed by atoms with Gasteiger partial charge in [0.2, 0.25) is 0 Å². The van der Waals surface area contributed by atoms with Crippen LogP contribution in [0.3, 0.4) is 0 Å². The number of nitrogens with one attached hydrogen (secondary N) is 1. The van der Waals surface area contributed by atoms with Gasteiger partial charge in [-0.25, -0.2) is 4.79 Å². The SMILES string of the molecule is COCc1ccccc1NC(=O)N1CCC[C@H](N2CCCCCC2)C1. The molecule has 3 rings (SSSR count). The van der Waals surface area contributed by atoms with Crippen LogP contribution in [0.5, 0.6) is 0 Å². The Morgan fingerprint density at radius 1 is 1.12 bits per heavy atom. The van der Waals surface area contributed by atoms with Crippen molar-refractivity contribution in [3.8, 4) is 0 Å². The van der Waals surface area contributed by atoms with Gasteiger partial charge in [0, 0.05) is 37.5 Å². The largest absolute Gasteiger partial charge is 0.380 e. The van der Waals surface area contributed by atoms with Gasteiger partial charge in [0.15, 0.2) is 0 Å². The van der Waals surface area contributed by atoms with Gasteiger partial charge in [-0.15, -0.1) is 0 Å². The lowest BCUT2D eigenvalue weighted by Gasteiger charge is -2.39. The Kier molecular flexibility index (Phi) is 6.70. The van der Waals surface area contributed by atoms with E-state index in [-0.39, 0.29) is 6.03 Å². The van der Waals surface area contributed by atoms with Gasteiger partial charge in [0.1, 0.15) is 0 Å². The number of anilines is 1. The van der Waals surface area contributed by atoms with Gasteiger partial charge in [-0.1, -0.05) is 31.0 Å². The van der Waals surface area contributed by atoms with Gasteiger partial charge in [0.05, 0.1) is 6.61 Å². The summed E-state index contributed by atoms with van der Waals surface area (Å²) in [4.78, 5) is 17.4. The maximum absolute atomic E-state index is 12.8. The summed E-state index contributed by atoms with van der Waals surface area (Å²) in [7, 11) is 1.68. The predicted molar refractivity (Wildman–Crippen MR) is 101 cm³/mol. The normalized spacial score (nSPS) is 22.4. The maximum Gasteiger partial charge on any atom is 0.321 e. The Bertz CT molecular complexity index is 556. The predicted octanol–water partition coefficient (Wildman–Crippen LogP) is 3.71. The molecule has 0 unspecified atom stereocenters. The van der Waals surface area contributed by atoms with Crippen LogP contribution in [0.1, 0.15) is 44.1 Å². The summed E-state index contributed by atoms with van der Waals surface area (Å²) >= 11 is 0. The lowest BCUT2D eigenvalue weighted by atomic mass is 10.0. The van der Waals surface area contributed by atoms with E-state index in [4.69, 9.17) is 4.74 Å². The van der Waals surface area contributed by atoms with Crippen LogP contribution in [-0.2, 0) is 11.3 Å². The zero-order valence-corrected chi connectivity index (χ0v) is 15.4. The summed E-state index contributed by atoms with van der Waals surface area (Å²) in [5.41, 5.74) is 1.87. The lowest BCUT2D eigenvalue weighted by molar-refractivity contribution is 0.116. The number of para-hydroxylation sites is 1. The molecule has 0 saturated carbocycles. The van der Waals surface area contributed by atoms with E-state index < -0.39 is 0 Å². The number of methoxy groups -OCH3 is 1. The van der Waals surface area contributed by atoms with Gasteiger partial charge in [-0.05, 0) is 44.8 Å². The van der Waals surface area contributed by atoms with Crippen LogP contribution in [0.15, 0.2) is 24.3 Å². The van der Waals surface area contributed by atoms with Crippen molar-refractivity contribution in [1.82, 2.24) is 9.80 Å². The molecule has 2 saturated heterocycles. The van der Waals surface area contributed by atoms with E-state index in [0.29, 0.717) is 12.6 Å². The average Bonchev–Trinajstić information content (AvgIpc) is 2.93. The molecule has 2 fully saturated rings. The molecule has 25 heavy (non-hydrogen) atoms. The number of likely N-dealkylation sites (tertiary alicyclic amines) is 2. The van der Waals surface area contributed by atoms with Gasteiger partial charge < -0.3 is 15.0 Å². The minimum atomic E-state index is 0.0167. The first-order valence-electron chi connectivity index (χ1n) is 9.65. The molecule has 5 heteroatoms. The molecular formula is C20H31N3O2. The standard InChI is InChI=1S/C20H31N3O2/c1-25-16-17-9-4-5-11-19(17)21-20(24)23-14-8-10-18(15-23)22-12-6-2-3-7-13-22/h4-5,9,11,18H,2-3,6-8,10,12-16H2,1H3,(H,21,24)/t18-/m0/s1. The number of piperidine rings is 1. The smallest absolute Gasteiger partial charge is 0.321 e. The lowest BCUT2D eigenvalue weighted by Crippen LogP contribution is -2.51. The van der Waals surface area contributed by atoms with Gasteiger partial charge in [-0.2, -0.15) is 0 Å². The Labute approximate surface area is 151 Å². The van der Waals surface area contributed by atoms with Crippen molar-refractivity contribution in [2.24, 2.45) is 0 Å². The van der Waals surface area contributed by atoms with Crippen molar-refractivity contribution in [2.75, 3.05) is 38.6 Å². The molecule has 2 aliphatic heterocycles. The topological polar surface area (TPSA) is 44.8 Å². The molecular weight excluding hydrogens is 314 g/mol. The summed E-state index contributed by atoms with van der Waals surface area (Å²) in [6.45, 7) is 4.58. The third-order valence-corrected chi connectivity index (χ3v) is 5.40. The van der Waals surface area contributed by atoms with E-state index >= 15 is 0 Å². The van der Waals surface area contributed by atoms with Gasteiger partial charge in [0.25, 0.3) is 0 Å². The first-order valence-corrected chi connectivity index (χ1v) is 9.65. The fourth-order valence-corrected chi connectivity index (χ4v) is 4.02. The fraction of sp³-hybridized carbons (Fsp3) is 0.650. The van der Waals surface area contributed by atoms with Crippen LogP contribution in [-0.4, -0.2) is 55.2 Å². The second-order valence-electron chi connectivity index (χ2n) is 7.21. The number of urea groups is 1. The molecule has 2 aliphatic rings. The summed E-state index contributed by atoms with van der Waals surface area (Å²) in [5.74, 6) is 0. The third-order valence-electron chi connectivity index (χ3n) is 5.40. The number of ether oxygens (including phenoxy) is 1. The van der Waals surface area contributed by atoms with Crippen molar-refractivity contribution in [3.05, 3.63) is 29.8 Å². The number of amides is 2. The van der Waals surface area contributed by atoms with E-state index in [9.17, 15) is 4.79 Å². The Hall–Kier alpha value is -1.59. The highest BCUT2D eigenvalue weighted by atomic mass is 16.5. The molecule has 0 spiro atoms. The van der Waals surface area contributed by atoms with E-state index in [0.717, 1.165) is 30.8 Å². The minimum Gasteiger partial charge on any atom is -0.380 e. The molecule has 1 aromatic rings. The average molecular weight is 345 g/mol. The van der Waals surface area contributed by atoms with Crippen LogP contribution >= 0.6 is 0 Å². The minimum absolute atomic E-state index is 0.0167. The molecule has 2 amide bonds. The molecule has 1 aromatic carbocycles. The first kappa shape index (κ1) is 18.2. The number of carbonyl (C=O) groups excluding carboxylic acids is 1. The third kappa shape index (κ3) is 4.95. The van der Waals surface area contributed by atoms with E-state index in [1.165, 1.54) is 45.2 Å². The number of hydrogen-bond acceptors (Lipinski definition) is 3. The highest BCUT2D eigenvalue weighted by Crippen LogP contribution is 2.22. The van der Waals surface area contributed by atoms with Crippen molar-refractivity contribution >= 4 is 11.7 Å². The second-order valence-corrected chi connectivity index (χ2v) is 7.21. The van der Waals surface area contributed by atoms with E-state index in [2.05, 4.69) is 10.2 Å². The van der Waals surface area contributed by atoms with E-state index in [1.54, 1.807) is 7.11 Å². The van der Waals surface area contributed by atoms with Crippen LogP contribution in [0.4, 0.5) is 10.5 Å². The van der Waals surface area contributed by atoms with Crippen molar-refractivity contribution < 1.29 is 9.53 Å². The van der Waals surface area contributed by atoms with Gasteiger partial charge >= 0.3 is 6.03 Å². The number of nitrogens with zero attached hydrogens (tertiary/aromatic N) is 2. The second kappa shape index (κ2) is 9.20. The molecule has 138 valence electrons. The Morgan fingerprint density at radius 2 is 1.88 bits per heavy atom. The number of benzene rings is 1. The molecule has 0 bridgehead atoms. The summed E-state index contributed by atoms with van der Waals surface area (Å²) in [6.07, 6.45) is 7.60. The summed E-state index contributed by atoms with van der Waals surface area (Å²) < 4.78 is 5.23. The van der Waals surface area contributed by atoms with Crippen LogP contribution in [0, 0.1) is 0 Å². The quantitative estimate of drug-likeness (QED) is 0.905. The van der Waals surface area contributed by atoms with Crippen molar-refractivity contribution in [2.45, 2.75) is 51.2 Å². The molecule has 0 radical (unpaired) electrons. The first-order chi connectivity index (χ1) is 12.3. The highest BCUT2D eigenvalue weighted by Gasteiger charge is 2.28. The fourth-order valence-electron chi connectivity index (χ4n) is 4.02. The zero-order valence-electron chi connectivity index (χ0n) is 15.4. The molecule has 0 aromatic heterocycles. The van der Waals surface area contributed by atoms with Crippen molar-refractivity contribution in [1.29, 1.82) is 0 Å². The number of hydrogen-bond donors (Lipinski definition) is 1. The van der Waals surface area contributed by atoms with Crippen LogP contribution in [0.2, 0.25) is 0 Å². The number of rotatable bonds is 4. The van der Waals surface area contributed by atoms with Crippen molar-refractivity contribution in [3.63, 3.8) is 0 Å². The monoisotopic (exact) mass is 345 g/mol. The number of carbonyl (C=O) groups is 1. The van der Waals surface area contributed by atoms with Crippen LogP contribution < -0.4 is 5.32 Å². The molecule has 2 heterocycles.